The van der Waals surface area contributed by atoms with Crippen LogP contribution in [0.2, 0.25) is 0 Å². The Kier molecular flexibility index (Phi) is 2.93. The van der Waals surface area contributed by atoms with Gasteiger partial charge < -0.3 is 0 Å². The van der Waals surface area contributed by atoms with Gasteiger partial charge in [0.1, 0.15) is 0 Å². The number of rotatable bonds is 3. The van der Waals surface area contributed by atoms with E-state index in [1.165, 1.54) is 25.7 Å². The summed E-state index contributed by atoms with van der Waals surface area (Å²) in [6.45, 7) is 0. The SMILES string of the molecule is [CH2]S(=O)(=O)CCC1CCCC1. The number of hydrogen-bond acceptors (Lipinski definition) is 2. The van der Waals surface area contributed by atoms with Crippen molar-refractivity contribution < 1.29 is 8.42 Å². The lowest BCUT2D eigenvalue weighted by molar-refractivity contribution is 0.523. The van der Waals surface area contributed by atoms with Gasteiger partial charge in [0, 0.05) is 0 Å². The topological polar surface area (TPSA) is 34.1 Å². The molecule has 11 heavy (non-hydrogen) atoms. The van der Waals surface area contributed by atoms with Crippen LogP contribution < -0.4 is 0 Å². The molecular weight excluding hydrogens is 160 g/mol. The molecular formula is C8H15O2S. The molecule has 3 heteroatoms. The van der Waals surface area contributed by atoms with Crippen molar-refractivity contribution in [2.45, 2.75) is 32.1 Å². The third-order valence-electron chi connectivity index (χ3n) is 2.31. The van der Waals surface area contributed by atoms with Gasteiger partial charge in [-0.15, -0.1) is 0 Å². The molecule has 1 aliphatic rings. The summed E-state index contributed by atoms with van der Waals surface area (Å²) in [4.78, 5) is 0. The van der Waals surface area contributed by atoms with Gasteiger partial charge in [-0.1, -0.05) is 25.7 Å². The summed E-state index contributed by atoms with van der Waals surface area (Å²) in [7, 11) is -2.96. The van der Waals surface area contributed by atoms with Crippen molar-refractivity contribution in [3.8, 4) is 0 Å². The maximum absolute atomic E-state index is 10.7. The fraction of sp³-hybridized carbons (Fsp3) is 0.875. The molecule has 2 nitrogen and oxygen atoms in total. The maximum atomic E-state index is 10.7. The van der Waals surface area contributed by atoms with E-state index in [0.717, 1.165) is 6.42 Å². The standard InChI is InChI=1S/C8H15O2S/c1-11(9,10)7-6-8-4-2-3-5-8/h8H,1-7H2. The Morgan fingerprint density at radius 3 is 2.27 bits per heavy atom. The van der Waals surface area contributed by atoms with E-state index >= 15 is 0 Å². The van der Waals surface area contributed by atoms with Gasteiger partial charge in [0.15, 0.2) is 9.84 Å². The highest BCUT2D eigenvalue weighted by Crippen LogP contribution is 2.27. The molecule has 0 bridgehead atoms. The molecule has 0 spiro atoms. The van der Waals surface area contributed by atoms with Crippen LogP contribution in [0.25, 0.3) is 0 Å². The highest BCUT2D eigenvalue weighted by molar-refractivity contribution is 7.92. The van der Waals surface area contributed by atoms with Gasteiger partial charge in [0.25, 0.3) is 0 Å². The van der Waals surface area contributed by atoms with Gasteiger partial charge in [-0.25, -0.2) is 8.42 Å². The van der Waals surface area contributed by atoms with Crippen LogP contribution in [0.3, 0.4) is 0 Å². The van der Waals surface area contributed by atoms with Crippen molar-refractivity contribution >= 4 is 9.84 Å². The van der Waals surface area contributed by atoms with Gasteiger partial charge in [-0.2, -0.15) is 0 Å². The summed E-state index contributed by atoms with van der Waals surface area (Å²) in [5.74, 6) is 0.934. The van der Waals surface area contributed by atoms with Crippen molar-refractivity contribution in [3.05, 3.63) is 6.26 Å². The minimum absolute atomic E-state index is 0.275. The minimum atomic E-state index is -2.96. The second kappa shape index (κ2) is 3.57. The summed E-state index contributed by atoms with van der Waals surface area (Å²) in [5, 5.41) is 0. The third kappa shape index (κ3) is 3.75. The molecule has 65 valence electrons. The fourth-order valence-corrected chi connectivity index (χ4v) is 2.34. The lowest BCUT2D eigenvalue weighted by Crippen LogP contribution is -2.05. The Bertz CT molecular complexity index is 200. The molecule has 0 aromatic rings. The van der Waals surface area contributed by atoms with Crippen LogP contribution >= 0.6 is 0 Å². The smallest absolute Gasteiger partial charge is 0.151 e. The van der Waals surface area contributed by atoms with E-state index in [1.807, 2.05) is 0 Å². The van der Waals surface area contributed by atoms with Gasteiger partial charge >= 0.3 is 0 Å². The molecule has 1 radical (unpaired) electrons. The third-order valence-corrected chi connectivity index (χ3v) is 3.17. The van der Waals surface area contributed by atoms with E-state index in [4.69, 9.17) is 0 Å². The highest BCUT2D eigenvalue weighted by Gasteiger charge is 2.16. The highest BCUT2D eigenvalue weighted by atomic mass is 32.2. The van der Waals surface area contributed by atoms with Crippen LogP contribution in [0.5, 0.6) is 0 Å². The Morgan fingerprint density at radius 1 is 1.27 bits per heavy atom. The normalized spacial score (nSPS) is 20.8. The zero-order valence-corrected chi connectivity index (χ0v) is 7.57. The zero-order chi connectivity index (χ0) is 8.32. The van der Waals surface area contributed by atoms with Gasteiger partial charge in [-0.05, 0) is 12.3 Å². The van der Waals surface area contributed by atoms with Gasteiger partial charge in [0.05, 0.1) is 12.0 Å². The van der Waals surface area contributed by atoms with Crippen molar-refractivity contribution in [2.24, 2.45) is 5.92 Å². The molecule has 0 atom stereocenters. The lowest BCUT2D eigenvalue weighted by atomic mass is 10.1. The average molecular weight is 175 g/mol. The van der Waals surface area contributed by atoms with Gasteiger partial charge in [-0.3, -0.25) is 0 Å². The Labute approximate surface area is 68.9 Å². The Morgan fingerprint density at radius 2 is 1.82 bits per heavy atom. The van der Waals surface area contributed by atoms with E-state index in [9.17, 15) is 8.42 Å². The first kappa shape index (κ1) is 9.04. The maximum Gasteiger partial charge on any atom is 0.151 e. The van der Waals surface area contributed by atoms with E-state index in [-0.39, 0.29) is 5.75 Å². The molecule has 0 unspecified atom stereocenters. The lowest BCUT2D eigenvalue weighted by Gasteiger charge is -2.05. The van der Waals surface area contributed by atoms with Crippen LogP contribution in [0.4, 0.5) is 0 Å². The molecule has 1 fully saturated rings. The summed E-state index contributed by atoms with van der Waals surface area (Å²) < 4.78 is 21.4. The molecule has 0 aromatic heterocycles. The van der Waals surface area contributed by atoms with Crippen LogP contribution in [-0.4, -0.2) is 14.2 Å². The summed E-state index contributed by atoms with van der Waals surface area (Å²) in [6.07, 6.45) is 8.92. The Hall–Kier alpha value is -0.0500. The average Bonchev–Trinajstić information content (AvgIpc) is 2.32. The van der Waals surface area contributed by atoms with Crippen LogP contribution in [0.15, 0.2) is 0 Å². The molecule has 1 saturated carbocycles. The van der Waals surface area contributed by atoms with Crippen molar-refractivity contribution in [3.63, 3.8) is 0 Å². The summed E-state index contributed by atoms with van der Waals surface area (Å²) in [5.41, 5.74) is 0. The minimum Gasteiger partial charge on any atom is -0.229 e. The van der Waals surface area contributed by atoms with Crippen molar-refractivity contribution in [1.29, 1.82) is 0 Å². The van der Waals surface area contributed by atoms with Gasteiger partial charge in [0.2, 0.25) is 0 Å². The molecule has 0 heterocycles. The molecule has 0 aliphatic heterocycles. The van der Waals surface area contributed by atoms with E-state index in [2.05, 4.69) is 6.26 Å². The predicted molar refractivity (Wildman–Crippen MR) is 45.7 cm³/mol. The van der Waals surface area contributed by atoms with E-state index in [1.54, 1.807) is 0 Å². The second-order valence-corrected chi connectivity index (χ2v) is 5.28. The van der Waals surface area contributed by atoms with E-state index in [0.29, 0.717) is 5.92 Å². The fourth-order valence-electron chi connectivity index (χ4n) is 1.65. The molecule has 1 aliphatic carbocycles. The first-order valence-electron chi connectivity index (χ1n) is 4.14. The Balaban J connectivity index is 2.22. The zero-order valence-electron chi connectivity index (χ0n) is 6.75. The van der Waals surface area contributed by atoms with Crippen molar-refractivity contribution in [2.75, 3.05) is 5.75 Å². The quantitative estimate of drug-likeness (QED) is 0.655. The van der Waals surface area contributed by atoms with Crippen LogP contribution in [0.1, 0.15) is 32.1 Å². The summed E-state index contributed by atoms with van der Waals surface area (Å²) in [6, 6.07) is 0. The van der Waals surface area contributed by atoms with Crippen LogP contribution in [0, 0.1) is 12.2 Å². The molecule has 0 amide bonds. The molecule has 0 aromatic carbocycles. The van der Waals surface area contributed by atoms with E-state index < -0.39 is 9.84 Å². The molecule has 0 saturated heterocycles. The molecule has 0 N–H and O–H groups in total. The van der Waals surface area contributed by atoms with Crippen LogP contribution in [-0.2, 0) is 9.84 Å². The largest absolute Gasteiger partial charge is 0.229 e. The number of hydrogen-bond donors (Lipinski definition) is 0. The monoisotopic (exact) mass is 175 g/mol. The predicted octanol–water partition coefficient (Wildman–Crippen LogP) is 1.77. The number of sulfone groups is 1. The first-order chi connectivity index (χ1) is 5.08. The molecule has 1 rings (SSSR count). The second-order valence-electron chi connectivity index (χ2n) is 3.39. The first-order valence-corrected chi connectivity index (χ1v) is 5.96. The van der Waals surface area contributed by atoms with Crippen molar-refractivity contribution in [1.82, 2.24) is 0 Å². The summed E-state index contributed by atoms with van der Waals surface area (Å²) >= 11 is 0.